The molecule has 0 bridgehead atoms. The predicted octanol–water partition coefficient (Wildman–Crippen LogP) is 2.78. The number of carbonyl (C=O) groups is 1. The zero-order valence-electron chi connectivity index (χ0n) is 12.8. The van der Waals surface area contributed by atoms with Crippen LogP contribution in [0.4, 0.5) is 0 Å². The lowest BCUT2D eigenvalue weighted by atomic mass is 10.1. The van der Waals surface area contributed by atoms with Gasteiger partial charge >= 0.3 is 0 Å². The maximum Gasteiger partial charge on any atom is 0.271 e. The second kappa shape index (κ2) is 7.26. The van der Waals surface area contributed by atoms with E-state index in [0.29, 0.717) is 11.3 Å². The van der Waals surface area contributed by atoms with E-state index in [2.05, 4.69) is 10.5 Å². The summed E-state index contributed by atoms with van der Waals surface area (Å²) >= 11 is 0. The van der Waals surface area contributed by atoms with Crippen molar-refractivity contribution in [3.63, 3.8) is 0 Å². The van der Waals surface area contributed by atoms with Gasteiger partial charge in [-0.3, -0.25) is 4.79 Å². The van der Waals surface area contributed by atoms with Crippen LogP contribution >= 0.6 is 0 Å². The third kappa shape index (κ3) is 3.85. The van der Waals surface area contributed by atoms with Crippen LogP contribution in [0, 0.1) is 6.92 Å². The van der Waals surface area contributed by atoms with Gasteiger partial charge in [0.1, 0.15) is 11.5 Å². The number of methoxy groups -OCH3 is 2. The molecule has 0 aromatic heterocycles. The van der Waals surface area contributed by atoms with E-state index in [0.717, 1.165) is 16.9 Å². The molecule has 0 fully saturated rings. The highest BCUT2D eigenvalue weighted by Crippen LogP contribution is 2.17. The average Bonchev–Trinajstić information content (AvgIpc) is 2.55. The molecule has 0 saturated heterocycles. The molecule has 0 atom stereocenters. The van der Waals surface area contributed by atoms with Crippen LogP contribution in [0.2, 0.25) is 0 Å². The summed E-state index contributed by atoms with van der Waals surface area (Å²) < 4.78 is 10.2. The predicted molar refractivity (Wildman–Crippen MR) is 85.8 cm³/mol. The normalized spacial score (nSPS) is 10.5. The minimum atomic E-state index is -0.274. The highest BCUT2D eigenvalue weighted by molar-refractivity contribution is 5.95. The second-order valence-electron chi connectivity index (χ2n) is 4.66. The van der Waals surface area contributed by atoms with Crippen LogP contribution in [-0.2, 0) is 0 Å². The molecule has 5 heteroatoms. The van der Waals surface area contributed by atoms with Crippen LogP contribution in [0.1, 0.15) is 21.5 Å². The summed E-state index contributed by atoms with van der Waals surface area (Å²) in [6.45, 7) is 1.95. The van der Waals surface area contributed by atoms with E-state index >= 15 is 0 Å². The fourth-order valence-electron chi connectivity index (χ4n) is 1.95. The summed E-state index contributed by atoms with van der Waals surface area (Å²) in [4.78, 5) is 11.9. The molecule has 0 aliphatic carbocycles. The van der Waals surface area contributed by atoms with Gasteiger partial charge in [0, 0.05) is 5.56 Å². The Kier molecular flexibility index (Phi) is 5.14. The standard InChI is InChI=1S/C17H18N2O3/c1-12-10-13(4-9-16(12)22-3)11-18-19-17(20)14-5-7-15(21-2)8-6-14/h4-11H,1-3H3,(H,19,20)/b18-11+. The Balaban J connectivity index is 1.99. The van der Waals surface area contributed by atoms with E-state index in [-0.39, 0.29) is 5.91 Å². The zero-order valence-corrected chi connectivity index (χ0v) is 12.8. The largest absolute Gasteiger partial charge is 0.497 e. The van der Waals surface area contributed by atoms with Gasteiger partial charge in [0.25, 0.3) is 5.91 Å². The van der Waals surface area contributed by atoms with Gasteiger partial charge in [-0.05, 0) is 60.5 Å². The highest BCUT2D eigenvalue weighted by atomic mass is 16.5. The summed E-state index contributed by atoms with van der Waals surface area (Å²) in [6, 6.07) is 12.5. The summed E-state index contributed by atoms with van der Waals surface area (Å²) in [6.07, 6.45) is 1.59. The Labute approximate surface area is 129 Å². The molecule has 2 aromatic carbocycles. The first kappa shape index (κ1) is 15.6. The van der Waals surface area contributed by atoms with Crippen molar-refractivity contribution in [1.29, 1.82) is 0 Å². The number of aryl methyl sites for hydroxylation is 1. The van der Waals surface area contributed by atoms with Gasteiger partial charge in [-0.25, -0.2) is 5.43 Å². The monoisotopic (exact) mass is 298 g/mol. The first-order chi connectivity index (χ1) is 10.6. The van der Waals surface area contributed by atoms with Crippen molar-refractivity contribution >= 4 is 12.1 Å². The molecule has 0 aliphatic heterocycles. The first-order valence-electron chi connectivity index (χ1n) is 6.76. The molecule has 0 spiro atoms. The van der Waals surface area contributed by atoms with Crippen molar-refractivity contribution in [2.75, 3.05) is 14.2 Å². The van der Waals surface area contributed by atoms with Crippen molar-refractivity contribution in [1.82, 2.24) is 5.43 Å². The molecule has 0 radical (unpaired) electrons. The lowest BCUT2D eigenvalue weighted by Gasteiger charge is -2.04. The lowest BCUT2D eigenvalue weighted by molar-refractivity contribution is 0.0955. The summed E-state index contributed by atoms with van der Waals surface area (Å²) in [5.74, 6) is 1.25. The van der Waals surface area contributed by atoms with E-state index < -0.39 is 0 Å². The summed E-state index contributed by atoms with van der Waals surface area (Å²) in [5.41, 5.74) is 4.90. The number of carbonyl (C=O) groups excluding carboxylic acids is 1. The number of amides is 1. The van der Waals surface area contributed by atoms with E-state index in [1.54, 1.807) is 44.7 Å². The maximum absolute atomic E-state index is 11.9. The molecular weight excluding hydrogens is 280 g/mol. The molecule has 22 heavy (non-hydrogen) atoms. The molecule has 114 valence electrons. The molecule has 1 N–H and O–H groups in total. The topological polar surface area (TPSA) is 59.9 Å². The summed E-state index contributed by atoms with van der Waals surface area (Å²) in [5, 5.41) is 3.96. The minimum Gasteiger partial charge on any atom is -0.497 e. The average molecular weight is 298 g/mol. The van der Waals surface area contributed by atoms with Crippen LogP contribution in [0.25, 0.3) is 0 Å². The van der Waals surface area contributed by atoms with E-state index in [1.165, 1.54) is 0 Å². The smallest absolute Gasteiger partial charge is 0.271 e. The van der Waals surface area contributed by atoms with E-state index in [4.69, 9.17) is 9.47 Å². The van der Waals surface area contributed by atoms with Crippen molar-refractivity contribution in [2.45, 2.75) is 6.92 Å². The Morgan fingerprint density at radius 2 is 1.82 bits per heavy atom. The number of hydrogen-bond acceptors (Lipinski definition) is 4. The number of hydrazone groups is 1. The fraction of sp³-hybridized carbons (Fsp3) is 0.176. The third-order valence-electron chi connectivity index (χ3n) is 3.15. The Morgan fingerprint density at radius 3 is 2.41 bits per heavy atom. The SMILES string of the molecule is COc1ccc(C(=O)N/N=C/c2ccc(OC)c(C)c2)cc1. The quantitative estimate of drug-likeness (QED) is 0.682. The van der Waals surface area contributed by atoms with Gasteiger partial charge in [0.2, 0.25) is 0 Å². The number of benzene rings is 2. The molecule has 0 unspecified atom stereocenters. The molecule has 1 amide bonds. The third-order valence-corrected chi connectivity index (χ3v) is 3.15. The van der Waals surface area contributed by atoms with Gasteiger partial charge in [0.15, 0.2) is 0 Å². The number of nitrogens with zero attached hydrogens (tertiary/aromatic N) is 1. The number of ether oxygens (including phenoxy) is 2. The van der Waals surface area contributed by atoms with E-state index in [9.17, 15) is 4.79 Å². The lowest BCUT2D eigenvalue weighted by Crippen LogP contribution is -2.17. The molecule has 2 rings (SSSR count). The minimum absolute atomic E-state index is 0.274. The zero-order chi connectivity index (χ0) is 15.9. The van der Waals surface area contributed by atoms with Gasteiger partial charge < -0.3 is 9.47 Å². The van der Waals surface area contributed by atoms with Crippen molar-refractivity contribution < 1.29 is 14.3 Å². The fourth-order valence-corrected chi connectivity index (χ4v) is 1.95. The van der Waals surface area contributed by atoms with Gasteiger partial charge in [0.05, 0.1) is 20.4 Å². The van der Waals surface area contributed by atoms with Crippen LogP contribution in [0.3, 0.4) is 0 Å². The van der Waals surface area contributed by atoms with Crippen molar-refractivity contribution in [2.24, 2.45) is 5.10 Å². The molecular formula is C17H18N2O3. The summed E-state index contributed by atoms with van der Waals surface area (Å²) in [7, 11) is 3.21. The number of rotatable bonds is 5. The van der Waals surface area contributed by atoms with Crippen molar-refractivity contribution in [3.05, 3.63) is 59.2 Å². The maximum atomic E-state index is 11.9. The van der Waals surface area contributed by atoms with Crippen LogP contribution in [0.5, 0.6) is 11.5 Å². The molecule has 2 aromatic rings. The second-order valence-corrected chi connectivity index (χ2v) is 4.66. The van der Waals surface area contributed by atoms with Gasteiger partial charge in [-0.1, -0.05) is 0 Å². The Morgan fingerprint density at radius 1 is 1.09 bits per heavy atom. The highest BCUT2D eigenvalue weighted by Gasteiger charge is 2.04. The van der Waals surface area contributed by atoms with Crippen LogP contribution < -0.4 is 14.9 Å². The molecule has 0 aliphatic rings. The Hall–Kier alpha value is -2.82. The number of hydrogen-bond donors (Lipinski definition) is 1. The van der Waals surface area contributed by atoms with Gasteiger partial charge in [-0.2, -0.15) is 5.10 Å². The number of nitrogens with one attached hydrogen (secondary N) is 1. The van der Waals surface area contributed by atoms with E-state index in [1.807, 2.05) is 25.1 Å². The first-order valence-corrected chi connectivity index (χ1v) is 6.76. The molecule has 0 saturated carbocycles. The van der Waals surface area contributed by atoms with Crippen LogP contribution in [0.15, 0.2) is 47.6 Å². The molecule has 0 heterocycles. The van der Waals surface area contributed by atoms with Gasteiger partial charge in [-0.15, -0.1) is 0 Å². The van der Waals surface area contributed by atoms with Crippen molar-refractivity contribution in [3.8, 4) is 11.5 Å². The Bertz CT molecular complexity index is 679. The van der Waals surface area contributed by atoms with Crippen LogP contribution in [-0.4, -0.2) is 26.3 Å². The molecule has 5 nitrogen and oxygen atoms in total.